The lowest BCUT2D eigenvalue weighted by molar-refractivity contribution is 0.832. The monoisotopic (exact) mass is 247 g/mol. The molecular formula is C13H14ClN3. The van der Waals surface area contributed by atoms with Crippen LogP contribution >= 0.6 is 11.6 Å². The largest absolute Gasteiger partial charge is 0.369 e. The van der Waals surface area contributed by atoms with Crippen LogP contribution in [0.1, 0.15) is 18.2 Å². The molecule has 0 spiro atoms. The zero-order valence-corrected chi connectivity index (χ0v) is 10.5. The molecule has 1 aliphatic heterocycles. The van der Waals surface area contributed by atoms with Crippen molar-refractivity contribution < 1.29 is 0 Å². The summed E-state index contributed by atoms with van der Waals surface area (Å²) in [5, 5.41) is 8.77. The molecule has 1 aromatic heterocycles. The van der Waals surface area contributed by atoms with Gasteiger partial charge in [-0.1, -0.05) is 30.7 Å². The van der Waals surface area contributed by atoms with Crippen LogP contribution < -0.4 is 5.32 Å². The number of halogens is 1. The van der Waals surface area contributed by atoms with Gasteiger partial charge in [0.25, 0.3) is 0 Å². The van der Waals surface area contributed by atoms with Crippen molar-refractivity contribution in [2.45, 2.75) is 19.8 Å². The summed E-state index contributed by atoms with van der Waals surface area (Å²) < 4.78 is 1.93. The van der Waals surface area contributed by atoms with Gasteiger partial charge in [0.1, 0.15) is 5.82 Å². The van der Waals surface area contributed by atoms with Crippen LogP contribution in [0, 0.1) is 0 Å². The number of fused-ring (bicyclic) bond motifs is 1. The topological polar surface area (TPSA) is 29.9 Å². The van der Waals surface area contributed by atoms with Crippen LogP contribution in [0.15, 0.2) is 24.3 Å². The van der Waals surface area contributed by atoms with Crippen LogP contribution in [-0.4, -0.2) is 16.3 Å². The fourth-order valence-corrected chi connectivity index (χ4v) is 2.54. The van der Waals surface area contributed by atoms with Crippen molar-refractivity contribution in [3.8, 4) is 5.69 Å². The summed E-state index contributed by atoms with van der Waals surface area (Å²) in [6.45, 7) is 3.13. The van der Waals surface area contributed by atoms with Crippen LogP contribution in [0.25, 0.3) is 5.69 Å². The van der Waals surface area contributed by atoms with Crippen molar-refractivity contribution in [1.29, 1.82) is 0 Å². The average molecular weight is 248 g/mol. The third-order valence-electron chi connectivity index (χ3n) is 3.15. The molecule has 2 heterocycles. The Hall–Kier alpha value is -1.48. The van der Waals surface area contributed by atoms with Gasteiger partial charge in [-0.05, 0) is 25.0 Å². The Morgan fingerprint density at radius 2 is 2.24 bits per heavy atom. The molecule has 0 radical (unpaired) electrons. The molecule has 1 aliphatic rings. The second kappa shape index (κ2) is 4.08. The summed E-state index contributed by atoms with van der Waals surface area (Å²) in [5.41, 5.74) is 3.46. The second-order valence-corrected chi connectivity index (χ2v) is 4.57. The van der Waals surface area contributed by atoms with Gasteiger partial charge in [0, 0.05) is 12.1 Å². The van der Waals surface area contributed by atoms with Crippen LogP contribution in [0.3, 0.4) is 0 Å². The maximum Gasteiger partial charge on any atom is 0.133 e. The smallest absolute Gasteiger partial charge is 0.133 e. The van der Waals surface area contributed by atoms with E-state index in [0.717, 1.165) is 35.9 Å². The first-order chi connectivity index (χ1) is 8.31. The second-order valence-electron chi connectivity index (χ2n) is 4.17. The third kappa shape index (κ3) is 1.62. The number of hydrogen-bond donors (Lipinski definition) is 1. The zero-order chi connectivity index (χ0) is 11.8. The van der Waals surface area contributed by atoms with Gasteiger partial charge in [-0.3, -0.25) is 0 Å². The predicted octanol–water partition coefficient (Wildman–Crippen LogP) is 3.06. The van der Waals surface area contributed by atoms with E-state index in [1.54, 1.807) is 0 Å². The molecule has 88 valence electrons. The van der Waals surface area contributed by atoms with Gasteiger partial charge in [0.15, 0.2) is 0 Å². The highest BCUT2D eigenvalue weighted by molar-refractivity contribution is 6.32. The molecule has 0 saturated heterocycles. The molecule has 1 aromatic carbocycles. The molecule has 0 aliphatic carbocycles. The molecule has 0 fully saturated rings. The van der Waals surface area contributed by atoms with Crippen molar-refractivity contribution in [1.82, 2.24) is 9.78 Å². The number of aromatic nitrogens is 2. The van der Waals surface area contributed by atoms with Gasteiger partial charge in [0.05, 0.1) is 16.4 Å². The lowest BCUT2D eigenvalue weighted by Crippen LogP contribution is -2.05. The molecule has 1 N–H and O–H groups in total. The standard InChI is InChI=1S/C13H14ClN3/c1-2-11-9-7-8-15-13(9)17(16-11)12-6-4-3-5-10(12)14/h3-6,15H,2,7-8H2,1H3. The maximum absolute atomic E-state index is 6.22. The van der Waals surface area contributed by atoms with Gasteiger partial charge in [-0.25, -0.2) is 4.68 Å². The van der Waals surface area contributed by atoms with E-state index < -0.39 is 0 Å². The zero-order valence-electron chi connectivity index (χ0n) is 9.70. The molecule has 2 aromatic rings. The maximum atomic E-state index is 6.22. The quantitative estimate of drug-likeness (QED) is 0.884. The van der Waals surface area contributed by atoms with Crippen molar-refractivity contribution in [3.05, 3.63) is 40.5 Å². The Morgan fingerprint density at radius 3 is 3.00 bits per heavy atom. The Labute approximate surface area is 105 Å². The Balaban J connectivity index is 2.19. The van der Waals surface area contributed by atoms with Crippen LogP contribution in [0.5, 0.6) is 0 Å². The highest BCUT2D eigenvalue weighted by Gasteiger charge is 2.22. The summed E-state index contributed by atoms with van der Waals surface area (Å²) in [6.07, 6.45) is 2.02. The molecule has 4 heteroatoms. The SMILES string of the molecule is CCc1nn(-c2ccccc2Cl)c2c1CCN2. The summed E-state index contributed by atoms with van der Waals surface area (Å²) in [5.74, 6) is 1.11. The van der Waals surface area contributed by atoms with E-state index in [0.29, 0.717) is 0 Å². The molecule has 3 rings (SSSR count). The average Bonchev–Trinajstić information content (AvgIpc) is 2.91. The van der Waals surface area contributed by atoms with Crippen LogP contribution in [-0.2, 0) is 12.8 Å². The van der Waals surface area contributed by atoms with Gasteiger partial charge in [-0.15, -0.1) is 0 Å². The Kier molecular flexibility index (Phi) is 2.56. The molecule has 0 saturated carbocycles. The van der Waals surface area contributed by atoms with E-state index in [9.17, 15) is 0 Å². The van der Waals surface area contributed by atoms with E-state index in [4.69, 9.17) is 11.6 Å². The fourth-order valence-electron chi connectivity index (χ4n) is 2.33. The molecule has 0 atom stereocenters. The van der Waals surface area contributed by atoms with E-state index >= 15 is 0 Å². The third-order valence-corrected chi connectivity index (χ3v) is 3.47. The Bertz CT molecular complexity index is 560. The molecule has 3 nitrogen and oxygen atoms in total. The van der Waals surface area contributed by atoms with Crippen LogP contribution in [0.2, 0.25) is 5.02 Å². The van der Waals surface area contributed by atoms with E-state index in [1.165, 1.54) is 11.3 Å². The van der Waals surface area contributed by atoms with Gasteiger partial charge < -0.3 is 5.32 Å². The minimum Gasteiger partial charge on any atom is -0.369 e. The summed E-state index contributed by atoms with van der Waals surface area (Å²) in [4.78, 5) is 0. The van der Waals surface area contributed by atoms with E-state index in [1.807, 2.05) is 28.9 Å². The van der Waals surface area contributed by atoms with Gasteiger partial charge in [0.2, 0.25) is 0 Å². The van der Waals surface area contributed by atoms with Crippen molar-refractivity contribution in [2.75, 3.05) is 11.9 Å². The van der Waals surface area contributed by atoms with Crippen LogP contribution in [0.4, 0.5) is 5.82 Å². The molecule has 0 amide bonds. The fraction of sp³-hybridized carbons (Fsp3) is 0.308. The number of hydrogen-bond acceptors (Lipinski definition) is 2. The van der Waals surface area contributed by atoms with E-state index in [2.05, 4.69) is 17.3 Å². The number of aryl methyl sites for hydroxylation is 1. The van der Waals surface area contributed by atoms with Gasteiger partial charge >= 0.3 is 0 Å². The molecule has 0 unspecified atom stereocenters. The first-order valence-corrected chi connectivity index (χ1v) is 6.28. The molecule has 0 bridgehead atoms. The number of nitrogens with zero attached hydrogens (tertiary/aromatic N) is 2. The lowest BCUT2D eigenvalue weighted by Gasteiger charge is -2.07. The normalized spacial score (nSPS) is 13.5. The Morgan fingerprint density at radius 1 is 1.41 bits per heavy atom. The lowest BCUT2D eigenvalue weighted by atomic mass is 10.2. The molecular weight excluding hydrogens is 234 g/mol. The predicted molar refractivity (Wildman–Crippen MR) is 70.1 cm³/mol. The number of nitrogens with one attached hydrogen (secondary N) is 1. The van der Waals surface area contributed by atoms with Gasteiger partial charge in [-0.2, -0.15) is 5.10 Å². The minimum absolute atomic E-state index is 0.731. The highest BCUT2D eigenvalue weighted by Crippen LogP contribution is 2.31. The van der Waals surface area contributed by atoms with Crippen molar-refractivity contribution in [2.24, 2.45) is 0 Å². The number of benzene rings is 1. The highest BCUT2D eigenvalue weighted by atomic mass is 35.5. The minimum atomic E-state index is 0.731. The first-order valence-electron chi connectivity index (χ1n) is 5.90. The summed E-state index contributed by atoms with van der Waals surface area (Å²) in [6, 6.07) is 7.81. The van der Waals surface area contributed by atoms with Crippen molar-refractivity contribution >= 4 is 17.4 Å². The number of anilines is 1. The summed E-state index contributed by atoms with van der Waals surface area (Å²) >= 11 is 6.22. The van der Waals surface area contributed by atoms with E-state index in [-0.39, 0.29) is 0 Å². The first kappa shape index (κ1) is 10.7. The summed E-state index contributed by atoms with van der Waals surface area (Å²) in [7, 11) is 0. The number of para-hydroxylation sites is 1. The number of rotatable bonds is 2. The van der Waals surface area contributed by atoms with Crippen molar-refractivity contribution in [3.63, 3.8) is 0 Å². The molecule has 17 heavy (non-hydrogen) atoms.